The van der Waals surface area contributed by atoms with Gasteiger partial charge in [0.25, 0.3) is 0 Å². The van der Waals surface area contributed by atoms with E-state index in [1.54, 1.807) is 6.07 Å². The van der Waals surface area contributed by atoms with Gasteiger partial charge in [0.2, 0.25) is 0 Å². The summed E-state index contributed by atoms with van der Waals surface area (Å²) in [7, 11) is 0. The molecule has 0 fully saturated rings. The first-order valence-corrected chi connectivity index (χ1v) is 8.40. The van der Waals surface area contributed by atoms with Crippen molar-refractivity contribution < 1.29 is 17.9 Å². The molecule has 0 bridgehead atoms. The summed E-state index contributed by atoms with van der Waals surface area (Å²) in [6, 6.07) is 12.5. The molecule has 1 aromatic heterocycles. The summed E-state index contributed by atoms with van der Waals surface area (Å²) in [4.78, 5) is 8.17. The van der Waals surface area contributed by atoms with E-state index in [-0.39, 0.29) is 11.4 Å². The highest BCUT2D eigenvalue weighted by Gasteiger charge is 2.30. The normalized spacial score (nSPS) is 11.1. The average molecular weight is 410 g/mol. The van der Waals surface area contributed by atoms with Crippen molar-refractivity contribution in [2.24, 2.45) is 0 Å². The third-order valence-corrected chi connectivity index (χ3v) is 4.01. The number of hydrogen-bond acceptors (Lipinski definition) is 6. The zero-order valence-corrected chi connectivity index (χ0v) is 15.1. The Labute approximate surface area is 163 Å². The smallest absolute Gasteiger partial charge is 0.406 e. The van der Waals surface area contributed by atoms with Gasteiger partial charge in [0, 0.05) is 17.3 Å². The first kappa shape index (κ1) is 19.6. The Morgan fingerprint density at radius 3 is 2.36 bits per heavy atom. The van der Waals surface area contributed by atoms with Crippen molar-refractivity contribution in [3.63, 3.8) is 0 Å². The van der Waals surface area contributed by atoms with Gasteiger partial charge >= 0.3 is 6.36 Å². The Kier molecular flexibility index (Phi) is 5.74. The van der Waals surface area contributed by atoms with Crippen LogP contribution in [-0.4, -0.2) is 16.3 Å². The molecule has 146 valence electrons. The number of alkyl halides is 3. The molecule has 0 spiro atoms. The van der Waals surface area contributed by atoms with Crippen LogP contribution in [0, 0.1) is 0 Å². The van der Waals surface area contributed by atoms with E-state index in [0.717, 1.165) is 5.56 Å². The maximum atomic E-state index is 12.2. The number of ether oxygens (including phenoxy) is 1. The quantitative estimate of drug-likeness (QED) is 0.533. The highest BCUT2D eigenvalue weighted by atomic mass is 35.5. The molecule has 0 amide bonds. The predicted octanol–water partition coefficient (Wildman–Crippen LogP) is 4.97. The van der Waals surface area contributed by atoms with Crippen LogP contribution in [0.4, 0.5) is 36.2 Å². The lowest BCUT2D eigenvalue weighted by atomic mass is 10.2. The van der Waals surface area contributed by atoms with Crippen LogP contribution in [0.1, 0.15) is 5.56 Å². The van der Waals surface area contributed by atoms with Crippen LogP contribution in [-0.2, 0) is 6.54 Å². The molecule has 3 rings (SSSR count). The molecule has 0 aliphatic rings. The van der Waals surface area contributed by atoms with Crippen molar-refractivity contribution in [3.8, 4) is 5.75 Å². The van der Waals surface area contributed by atoms with Gasteiger partial charge in [-0.3, -0.25) is 0 Å². The standard InChI is InChI=1S/C18H15ClF3N5O/c19-14-4-2-1-3-11(14)9-24-16-15(23)17(26-10-25-16)27-12-5-7-13(8-6-12)28-18(20,21)22/h1-8,10H,9,23H2,(H2,24,25,26,27). The van der Waals surface area contributed by atoms with Gasteiger partial charge in [0.15, 0.2) is 11.6 Å². The Balaban J connectivity index is 1.70. The molecule has 0 saturated carbocycles. The number of anilines is 4. The Hall–Kier alpha value is -3.20. The fourth-order valence-corrected chi connectivity index (χ4v) is 2.54. The summed E-state index contributed by atoms with van der Waals surface area (Å²) >= 11 is 6.12. The maximum Gasteiger partial charge on any atom is 0.573 e. The largest absolute Gasteiger partial charge is 0.573 e. The second kappa shape index (κ2) is 8.22. The summed E-state index contributed by atoms with van der Waals surface area (Å²) in [6.45, 7) is 0.407. The molecule has 0 unspecified atom stereocenters. The van der Waals surface area contributed by atoms with E-state index in [2.05, 4.69) is 25.3 Å². The molecular formula is C18H15ClF3N5O. The van der Waals surface area contributed by atoms with Gasteiger partial charge in [0.05, 0.1) is 0 Å². The molecule has 0 aliphatic carbocycles. The minimum Gasteiger partial charge on any atom is -0.406 e. The van der Waals surface area contributed by atoms with E-state index < -0.39 is 6.36 Å². The lowest BCUT2D eigenvalue weighted by Gasteiger charge is -2.13. The zero-order valence-electron chi connectivity index (χ0n) is 14.3. The van der Waals surface area contributed by atoms with E-state index in [1.165, 1.54) is 30.6 Å². The summed E-state index contributed by atoms with van der Waals surface area (Å²) in [5, 5.41) is 6.63. The number of halogens is 4. The van der Waals surface area contributed by atoms with Gasteiger partial charge < -0.3 is 21.1 Å². The highest BCUT2D eigenvalue weighted by molar-refractivity contribution is 6.31. The molecule has 4 N–H and O–H groups in total. The van der Waals surface area contributed by atoms with Crippen LogP contribution in [0.2, 0.25) is 5.02 Å². The third kappa shape index (κ3) is 5.17. The van der Waals surface area contributed by atoms with Crippen molar-refractivity contribution >= 4 is 34.6 Å². The Bertz CT molecular complexity index is 951. The van der Waals surface area contributed by atoms with E-state index >= 15 is 0 Å². The molecule has 2 aromatic carbocycles. The summed E-state index contributed by atoms with van der Waals surface area (Å²) in [5.74, 6) is 0.381. The first-order chi connectivity index (χ1) is 13.3. The minimum absolute atomic E-state index is 0.255. The highest BCUT2D eigenvalue weighted by Crippen LogP contribution is 2.29. The van der Waals surface area contributed by atoms with Crippen molar-refractivity contribution in [1.29, 1.82) is 0 Å². The molecule has 3 aromatic rings. The molecule has 0 saturated heterocycles. The fourth-order valence-electron chi connectivity index (χ4n) is 2.33. The number of aromatic nitrogens is 2. The van der Waals surface area contributed by atoms with E-state index in [0.29, 0.717) is 28.9 Å². The molecule has 0 atom stereocenters. The number of hydrogen-bond donors (Lipinski definition) is 3. The topological polar surface area (TPSA) is 85.1 Å². The van der Waals surface area contributed by atoms with Crippen LogP contribution in [0.15, 0.2) is 54.9 Å². The van der Waals surface area contributed by atoms with Crippen LogP contribution in [0.25, 0.3) is 0 Å². The monoisotopic (exact) mass is 409 g/mol. The maximum absolute atomic E-state index is 12.2. The Morgan fingerprint density at radius 1 is 1.00 bits per heavy atom. The van der Waals surface area contributed by atoms with E-state index in [4.69, 9.17) is 17.3 Å². The van der Waals surface area contributed by atoms with Gasteiger partial charge in [0.1, 0.15) is 17.8 Å². The third-order valence-electron chi connectivity index (χ3n) is 3.64. The van der Waals surface area contributed by atoms with Gasteiger partial charge in [-0.1, -0.05) is 29.8 Å². The molecule has 10 heteroatoms. The second-order valence-electron chi connectivity index (χ2n) is 5.63. The molecule has 0 aliphatic heterocycles. The molecule has 1 heterocycles. The summed E-state index contributed by atoms with van der Waals surface area (Å²) in [5.41, 5.74) is 7.70. The van der Waals surface area contributed by atoms with Crippen LogP contribution >= 0.6 is 11.6 Å². The number of rotatable bonds is 6. The first-order valence-electron chi connectivity index (χ1n) is 8.02. The van der Waals surface area contributed by atoms with E-state index in [9.17, 15) is 13.2 Å². The lowest BCUT2D eigenvalue weighted by Crippen LogP contribution is -2.17. The van der Waals surface area contributed by atoms with Crippen molar-refractivity contribution in [2.75, 3.05) is 16.4 Å². The van der Waals surface area contributed by atoms with Gasteiger partial charge in [-0.25, -0.2) is 9.97 Å². The van der Waals surface area contributed by atoms with Crippen LogP contribution in [0.5, 0.6) is 5.75 Å². The van der Waals surface area contributed by atoms with Gasteiger partial charge in [-0.2, -0.15) is 0 Å². The number of nitrogens with zero attached hydrogens (tertiary/aromatic N) is 2. The van der Waals surface area contributed by atoms with Crippen LogP contribution < -0.4 is 21.1 Å². The average Bonchev–Trinajstić information content (AvgIpc) is 2.64. The van der Waals surface area contributed by atoms with Crippen molar-refractivity contribution in [2.45, 2.75) is 12.9 Å². The van der Waals surface area contributed by atoms with Gasteiger partial charge in [-0.15, -0.1) is 13.2 Å². The lowest BCUT2D eigenvalue weighted by molar-refractivity contribution is -0.274. The minimum atomic E-state index is -4.74. The molecule has 0 radical (unpaired) electrons. The summed E-state index contributed by atoms with van der Waals surface area (Å²) < 4.78 is 40.5. The summed E-state index contributed by atoms with van der Waals surface area (Å²) in [6.07, 6.45) is -3.43. The van der Waals surface area contributed by atoms with Crippen molar-refractivity contribution in [1.82, 2.24) is 9.97 Å². The van der Waals surface area contributed by atoms with Crippen LogP contribution in [0.3, 0.4) is 0 Å². The van der Waals surface area contributed by atoms with Gasteiger partial charge in [-0.05, 0) is 35.9 Å². The number of benzene rings is 2. The van der Waals surface area contributed by atoms with Crippen molar-refractivity contribution in [3.05, 3.63) is 65.4 Å². The molecule has 28 heavy (non-hydrogen) atoms. The van der Waals surface area contributed by atoms with E-state index in [1.807, 2.05) is 18.2 Å². The predicted molar refractivity (Wildman–Crippen MR) is 102 cm³/mol. The fraction of sp³-hybridized carbons (Fsp3) is 0.111. The number of nitrogens with two attached hydrogens (primary N) is 1. The number of nitrogens with one attached hydrogen (secondary N) is 2. The SMILES string of the molecule is Nc1c(NCc2ccccc2Cl)ncnc1Nc1ccc(OC(F)(F)F)cc1. The second-order valence-corrected chi connectivity index (χ2v) is 6.03. The molecule has 6 nitrogen and oxygen atoms in total. The number of nitrogen functional groups attached to an aromatic ring is 1. The Morgan fingerprint density at radius 2 is 1.68 bits per heavy atom. The molecular weight excluding hydrogens is 395 g/mol. The zero-order chi connectivity index (χ0) is 20.1.